The fourth-order valence-electron chi connectivity index (χ4n) is 3.86. The van der Waals surface area contributed by atoms with Crippen LogP contribution in [-0.2, 0) is 11.2 Å². The van der Waals surface area contributed by atoms with Gasteiger partial charge < -0.3 is 23.8 Å². The van der Waals surface area contributed by atoms with E-state index in [0.29, 0.717) is 29.6 Å². The molecule has 29 heavy (non-hydrogen) atoms. The largest absolute Gasteiger partial charge is 0.497 e. The summed E-state index contributed by atoms with van der Waals surface area (Å²) in [5, 5.41) is 0. The molecule has 0 radical (unpaired) electrons. The zero-order valence-corrected chi connectivity index (χ0v) is 17.6. The van der Waals surface area contributed by atoms with E-state index in [9.17, 15) is 4.79 Å². The predicted molar refractivity (Wildman–Crippen MR) is 111 cm³/mol. The molecule has 0 bridgehead atoms. The van der Waals surface area contributed by atoms with Gasteiger partial charge in [0.25, 0.3) is 0 Å². The molecule has 0 saturated carbocycles. The molecule has 1 saturated heterocycles. The summed E-state index contributed by atoms with van der Waals surface area (Å²) in [5.74, 6) is 3.12. The number of likely N-dealkylation sites (tertiary alicyclic amines) is 1. The molecule has 1 fully saturated rings. The van der Waals surface area contributed by atoms with E-state index in [4.69, 9.17) is 18.9 Å². The van der Waals surface area contributed by atoms with Crippen LogP contribution in [0.15, 0.2) is 36.4 Å². The monoisotopic (exact) mass is 399 g/mol. The lowest BCUT2D eigenvalue weighted by Crippen LogP contribution is -2.38. The van der Waals surface area contributed by atoms with Gasteiger partial charge in [-0.15, -0.1) is 0 Å². The number of carbonyl (C=O) groups excluding carboxylic acids is 1. The van der Waals surface area contributed by atoms with Crippen molar-refractivity contribution in [1.82, 2.24) is 4.90 Å². The molecule has 0 N–H and O–H groups in total. The van der Waals surface area contributed by atoms with Crippen molar-refractivity contribution in [3.8, 4) is 23.0 Å². The first-order valence-electron chi connectivity index (χ1n) is 9.80. The van der Waals surface area contributed by atoms with Crippen molar-refractivity contribution in [3.05, 3.63) is 47.5 Å². The Hall–Kier alpha value is -2.89. The fraction of sp³-hybridized carbons (Fsp3) is 0.435. The van der Waals surface area contributed by atoms with Gasteiger partial charge in [-0.1, -0.05) is 12.1 Å². The van der Waals surface area contributed by atoms with Crippen LogP contribution in [0.2, 0.25) is 0 Å². The number of ether oxygens (including phenoxy) is 4. The van der Waals surface area contributed by atoms with Crippen LogP contribution < -0.4 is 18.9 Å². The summed E-state index contributed by atoms with van der Waals surface area (Å²) in [4.78, 5) is 14.8. The first-order chi connectivity index (χ1) is 14.1. The average molecular weight is 399 g/mol. The van der Waals surface area contributed by atoms with Gasteiger partial charge in [0.2, 0.25) is 11.7 Å². The van der Waals surface area contributed by atoms with E-state index < -0.39 is 0 Å². The smallest absolute Gasteiger partial charge is 0.226 e. The van der Waals surface area contributed by atoms with Crippen LogP contribution >= 0.6 is 0 Å². The van der Waals surface area contributed by atoms with E-state index in [0.717, 1.165) is 37.2 Å². The summed E-state index contributed by atoms with van der Waals surface area (Å²) in [6, 6.07) is 11.9. The summed E-state index contributed by atoms with van der Waals surface area (Å²) >= 11 is 0. The van der Waals surface area contributed by atoms with Gasteiger partial charge in [0.1, 0.15) is 5.75 Å². The van der Waals surface area contributed by atoms with Gasteiger partial charge in [0.15, 0.2) is 11.5 Å². The highest BCUT2D eigenvalue weighted by Crippen LogP contribution is 2.38. The van der Waals surface area contributed by atoms with Crippen LogP contribution in [0.1, 0.15) is 29.9 Å². The maximum atomic E-state index is 12.8. The van der Waals surface area contributed by atoms with Crippen LogP contribution in [0.4, 0.5) is 0 Å². The number of hydrogen-bond donors (Lipinski definition) is 0. The lowest BCUT2D eigenvalue weighted by Gasteiger charge is -2.32. The Kier molecular flexibility index (Phi) is 6.86. The number of piperidine rings is 1. The molecule has 0 unspecified atom stereocenters. The molecule has 156 valence electrons. The Morgan fingerprint density at radius 1 is 0.897 bits per heavy atom. The molecule has 1 aliphatic heterocycles. The topological polar surface area (TPSA) is 57.2 Å². The lowest BCUT2D eigenvalue weighted by atomic mass is 9.89. The first-order valence-corrected chi connectivity index (χ1v) is 9.80. The van der Waals surface area contributed by atoms with Gasteiger partial charge in [0.05, 0.1) is 34.9 Å². The van der Waals surface area contributed by atoms with Crippen molar-refractivity contribution < 1.29 is 23.7 Å². The third kappa shape index (κ3) is 4.75. The number of benzene rings is 2. The molecular weight excluding hydrogens is 370 g/mol. The minimum absolute atomic E-state index is 0.118. The zero-order valence-electron chi connectivity index (χ0n) is 17.6. The normalized spacial score (nSPS) is 14.4. The Morgan fingerprint density at radius 3 is 1.97 bits per heavy atom. The summed E-state index contributed by atoms with van der Waals surface area (Å²) in [7, 11) is 6.39. The van der Waals surface area contributed by atoms with Gasteiger partial charge in [-0.3, -0.25) is 4.79 Å². The van der Waals surface area contributed by atoms with E-state index in [-0.39, 0.29) is 5.91 Å². The molecule has 0 atom stereocenters. The van der Waals surface area contributed by atoms with Crippen molar-refractivity contribution in [2.45, 2.75) is 25.2 Å². The van der Waals surface area contributed by atoms with Crippen LogP contribution in [0, 0.1) is 0 Å². The third-order valence-corrected chi connectivity index (χ3v) is 5.51. The van der Waals surface area contributed by atoms with Crippen molar-refractivity contribution in [2.24, 2.45) is 0 Å². The van der Waals surface area contributed by atoms with Crippen molar-refractivity contribution >= 4 is 5.91 Å². The van der Waals surface area contributed by atoms with Crippen molar-refractivity contribution in [1.29, 1.82) is 0 Å². The number of methoxy groups -OCH3 is 4. The summed E-state index contributed by atoms with van der Waals surface area (Å²) in [6.07, 6.45) is 2.24. The number of nitrogens with zero attached hydrogens (tertiary/aromatic N) is 1. The Morgan fingerprint density at radius 2 is 1.48 bits per heavy atom. The zero-order chi connectivity index (χ0) is 20.8. The van der Waals surface area contributed by atoms with E-state index in [2.05, 4.69) is 12.1 Å². The van der Waals surface area contributed by atoms with E-state index in [1.165, 1.54) is 5.56 Å². The first kappa shape index (κ1) is 20.8. The summed E-state index contributed by atoms with van der Waals surface area (Å²) in [5.41, 5.74) is 2.16. The molecule has 2 aromatic carbocycles. The lowest BCUT2D eigenvalue weighted by molar-refractivity contribution is -0.131. The Balaban J connectivity index is 1.62. The molecule has 6 nitrogen and oxygen atoms in total. The molecule has 2 aromatic rings. The molecule has 3 rings (SSSR count). The molecule has 1 amide bonds. The second kappa shape index (κ2) is 9.54. The maximum Gasteiger partial charge on any atom is 0.226 e. The van der Waals surface area contributed by atoms with Crippen LogP contribution in [0.3, 0.4) is 0 Å². The fourth-order valence-corrected chi connectivity index (χ4v) is 3.86. The quantitative estimate of drug-likeness (QED) is 0.711. The van der Waals surface area contributed by atoms with Gasteiger partial charge in [-0.25, -0.2) is 0 Å². The molecule has 0 aromatic heterocycles. The van der Waals surface area contributed by atoms with Crippen LogP contribution in [0.5, 0.6) is 23.0 Å². The number of hydrogen-bond acceptors (Lipinski definition) is 5. The molecular formula is C23H29NO5. The minimum Gasteiger partial charge on any atom is -0.497 e. The van der Waals surface area contributed by atoms with E-state index >= 15 is 0 Å². The summed E-state index contributed by atoms with van der Waals surface area (Å²) in [6.45, 7) is 1.53. The number of amides is 1. The molecule has 0 aliphatic carbocycles. The minimum atomic E-state index is 0.118. The highest BCUT2D eigenvalue weighted by molar-refractivity contribution is 5.79. The van der Waals surface area contributed by atoms with Crippen molar-refractivity contribution in [3.63, 3.8) is 0 Å². The number of carbonyl (C=O) groups is 1. The predicted octanol–water partition coefficient (Wildman–Crippen LogP) is 3.67. The van der Waals surface area contributed by atoms with Gasteiger partial charge in [0, 0.05) is 13.1 Å². The second-order valence-corrected chi connectivity index (χ2v) is 7.14. The molecule has 6 heteroatoms. The Labute approximate surface area is 172 Å². The highest BCUT2D eigenvalue weighted by atomic mass is 16.5. The number of rotatable bonds is 7. The molecule has 1 heterocycles. The van der Waals surface area contributed by atoms with Gasteiger partial charge in [-0.05, 0) is 54.2 Å². The molecule has 1 aliphatic rings. The highest BCUT2D eigenvalue weighted by Gasteiger charge is 2.24. The third-order valence-electron chi connectivity index (χ3n) is 5.51. The van der Waals surface area contributed by atoms with Crippen LogP contribution in [0.25, 0.3) is 0 Å². The standard InChI is InChI=1S/C23H29NO5/c1-26-19-7-5-17(6-8-19)18-9-11-24(12-10-18)22(25)15-16-13-20(27-2)23(29-4)21(14-16)28-3/h5-8,13-14,18H,9-12,15H2,1-4H3. The average Bonchev–Trinajstić information content (AvgIpc) is 2.78. The Bertz CT molecular complexity index is 801. The van der Waals surface area contributed by atoms with Gasteiger partial charge >= 0.3 is 0 Å². The van der Waals surface area contributed by atoms with Crippen LogP contribution in [-0.4, -0.2) is 52.3 Å². The van der Waals surface area contributed by atoms with Gasteiger partial charge in [-0.2, -0.15) is 0 Å². The van der Waals surface area contributed by atoms with Crippen molar-refractivity contribution in [2.75, 3.05) is 41.5 Å². The second-order valence-electron chi connectivity index (χ2n) is 7.14. The van der Waals surface area contributed by atoms with E-state index in [1.807, 2.05) is 29.2 Å². The SMILES string of the molecule is COc1ccc(C2CCN(C(=O)Cc3cc(OC)c(OC)c(OC)c3)CC2)cc1. The summed E-state index contributed by atoms with van der Waals surface area (Å²) < 4.78 is 21.4. The maximum absolute atomic E-state index is 12.8. The molecule has 0 spiro atoms. The van der Waals surface area contributed by atoms with E-state index in [1.54, 1.807) is 28.4 Å².